The normalized spacial score (nSPS) is 11.3. The Morgan fingerprint density at radius 2 is 1.13 bits per heavy atom. The minimum absolute atomic E-state index is 0.525. The van der Waals surface area contributed by atoms with Crippen LogP contribution in [0.3, 0.4) is 0 Å². The van der Waals surface area contributed by atoms with E-state index in [1.807, 2.05) is 103 Å². The number of hydrogen-bond acceptors (Lipinski definition) is 4. The number of furan rings is 1. The number of para-hydroxylation sites is 2. The molecule has 11 aromatic rings. The summed E-state index contributed by atoms with van der Waals surface area (Å²) in [7, 11) is 0. The molecule has 0 aliphatic carbocycles. The van der Waals surface area contributed by atoms with Gasteiger partial charge in [-0.3, -0.25) is 0 Å². The average molecular weight is 766 g/mol. The number of benzene rings is 8. The monoisotopic (exact) mass is 765 g/mol. The molecule has 0 aliphatic heterocycles. The van der Waals surface area contributed by atoms with E-state index in [0.29, 0.717) is 17.1 Å². The minimum Gasteiger partial charge on any atom is -0.455 e. The molecule has 0 N–H and O–H groups in total. The Labute approximate surface area is 345 Å². The molecule has 60 heavy (non-hydrogen) atoms. The Morgan fingerprint density at radius 1 is 0.517 bits per heavy atom. The second-order valence-electron chi connectivity index (χ2n) is 14.8. The highest BCUT2D eigenvalue weighted by molar-refractivity contribution is 6.24. The Hall–Kier alpha value is -8.58. The summed E-state index contributed by atoms with van der Waals surface area (Å²) in [6.45, 7) is 8.00. The van der Waals surface area contributed by atoms with Crippen LogP contribution in [0.4, 0.5) is 5.69 Å². The van der Waals surface area contributed by atoms with Gasteiger partial charge >= 0.3 is 0 Å². The number of rotatable bonds is 6. The second-order valence-corrected chi connectivity index (χ2v) is 14.8. The minimum atomic E-state index is 0.525. The summed E-state index contributed by atoms with van der Waals surface area (Å²) in [6.07, 6.45) is 0. The molecule has 0 fully saturated rings. The van der Waals surface area contributed by atoms with Gasteiger partial charge in [-0.2, -0.15) is 5.26 Å². The summed E-state index contributed by atoms with van der Waals surface area (Å²) in [5.41, 5.74) is 13.3. The first-order valence-corrected chi connectivity index (χ1v) is 19.7. The van der Waals surface area contributed by atoms with Gasteiger partial charge in [-0.05, 0) is 71.8 Å². The van der Waals surface area contributed by atoms with Crippen molar-refractivity contribution in [2.24, 2.45) is 0 Å². The molecular formula is C54H31N5O. The van der Waals surface area contributed by atoms with E-state index in [0.717, 1.165) is 99.8 Å². The summed E-state index contributed by atoms with van der Waals surface area (Å²) in [4.78, 5) is 14.4. The maximum absolute atomic E-state index is 10.2. The molecule has 6 heteroatoms. The molecule has 0 saturated heterocycles. The van der Waals surface area contributed by atoms with Crippen molar-refractivity contribution in [2.45, 2.75) is 0 Å². The maximum Gasteiger partial charge on any atom is 0.187 e. The summed E-state index contributed by atoms with van der Waals surface area (Å²) in [5, 5.41) is 14.4. The SMILES string of the molecule is [C-]#[N+]c1cccc(-c2cc(-c3nc(-c4ccccc4)cc(-c4ccccc4)n3)cc(-c3cccc(C#N)c3)c2-n2c3ccccc3c3c4oc5ccccc5c4ccc32)c1. The van der Waals surface area contributed by atoms with Gasteiger partial charge in [0, 0.05) is 44.0 Å². The first-order chi connectivity index (χ1) is 29.6. The molecule has 0 unspecified atom stereocenters. The van der Waals surface area contributed by atoms with Crippen molar-refractivity contribution in [1.82, 2.24) is 14.5 Å². The second kappa shape index (κ2) is 14.1. The zero-order chi connectivity index (χ0) is 40.2. The first kappa shape index (κ1) is 34.7. The van der Waals surface area contributed by atoms with Gasteiger partial charge in [-0.1, -0.05) is 127 Å². The Bertz CT molecular complexity index is 3430. The van der Waals surface area contributed by atoms with Gasteiger partial charge in [0.15, 0.2) is 11.5 Å². The molecule has 278 valence electrons. The van der Waals surface area contributed by atoms with Gasteiger partial charge in [0.05, 0.1) is 51.7 Å². The van der Waals surface area contributed by atoms with Gasteiger partial charge < -0.3 is 8.98 Å². The van der Waals surface area contributed by atoms with E-state index in [1.54, 1.807) is 0 Å². The summed E-state index contributed by atoms with van der Waals surface area (Å²) >= 11 is 0. The number of aromatic nitrogens is 3. The maximum atomic E-state index is 10.2. The Morgan fingerprint density at radius 3 is 1.83 bits per heavy atom. The van der Waals surface area contributed by atoms with E-state index in [-0.39, 0.29) is 0 Å². The molecule has 3 aromatic heterocycles. The lowest BCUT2D eigenvalue weighted by molar-refractivity contribution is 0.673. The van der Waals surface area contributed by atoms with Crippen LogP contribution in [0.15, 0.2) is 192 Å². The highest BCUT2D eigenvalue weighted by Crippen LogP contribution is 2.46. The van der Waals surface area contributed by atoms with Crippen LogP contribution < -0.4 is 0 Å². The molecular weight excluding hydrogens is 735 g/mol. The van der Waals surface area contributed by atoms with Crippen molar-refractivity contribution in [2.75, 3.05) is 0 Å². The zero-order valence-electron chi connectivity index (χ0n) is 32.0. The van der Waals surface area contributed by atoms with Crippen LogP contribution in [0.1, 0.15) is 5.56 Å². The van der Waals surface area contributed by atoms with Crippen LogP contribution in [-0.2, 0) is 0 Å². The van der Waals surface area contributed by atoms with Crippen LogP contribution in [0.5, 0.6) is 0 Å². The van der Waals surface area contributed by atoms with E-state index >= 15 is 0 Å². The smallest absolute Gasteiger partial charge is 0.187 e. The topological polar surface area (TPSA) is 72.0 Å². The van der Waals surface area contributed by atoms with Crippen molar-refractivity contribution >= 4 is 49.4 Å². The van der Waals surface area contributed by atoms with Gasteiger partial charge in [-0.25, -0.2) is 14.8 Å². The average Bonchev–Trinajstić information content (AvgIpc) is 3.87. The molecule has 6 nitrogen and oxygen atoms in total. The molecule has 0 bridgehead atoms. The van der Waals surface area contributed by atoms with Gasteiger partial charge in [0.25, 0.3) is 0 Å². The molecule has 8 aromatic carbocycles. The van der Waals surface area contributed by atoms with Crippen LogP contribution in [0, 0.1) is 17.9 Å². The fraction of sp³-hybridized carbons (Fsp3) is 0. The molecule has 0 amide bonds. The largest absolute Gasteiger partial charge is 0.455 e. The van der Waals surface area contributed by atoms with Crippen LogP contribution in [0.2, 0.25) is 0 Å². The molecule has 0 saturated carbocycles. The van der Waals surface area contributed by atoms with Crippen LogP contribution in [-0.4, -0.2) is 14.5 Å². The lowest BCUT2D eigenvalue weighted by Gasteiger charge is -2.21. The number of hydrogen-bond donors (Lipinski definition) is 0. The summed E-state index contributed by atoms with van der Waals surface area (Å²) in [5.74, 6) is 0.549. The van der Waals surface area contributed by atoms with Crippen molar-refractivity contribution in [1.29, 1.82) is 5.26 Å². The third kappa shape index (κ3) is 5.71. The molecule has 3 heterocycles. The quantitative estimate of drug-likeness (QED) is 0.158. The Balaban J connectivity index is 1.29. The number of fused-ring (bicyclic) bond motifs is 7. The first-order valence-electron chi connectivity index (χ1n) is 19.7. The molecule has 11 rings (SSSR count). The molecule has 0 radical (unpaired) electrons. The Kier molecular flexibility index (Phi) is 8.15. The fourth-order valence-electron chi connectivity index (χ4n) is 8.51. The third-order valence-corrected chi connectivity index (χ3v) is 11.2. The predicted octanol–water partition coefficient (Wildman–Crippen LogP) is 14.2. The highest BCUT2D eigenvalue weighted by Gasteiger charge is 2.25. The van der Waals surface area contributed by atoms with Gasteiger partial charge in [0.2, 0.25) is 0 Å². The van der Waals surface area contributed by atoms with Crippen LogP contribution >= 0.6 is 0 Å². The lowest BCUT2D eigenvalue weighted by Crippen LogP contribution is -2.03. The third-order valence-electron chi connectivity index (χ3n) is 11.2. The zero-order valence-corrected chi connectivity index (χ0v) is 32.0. The molecule has 0 atom stereocenters. The van der Waals surface area contributed by atoms with E-state index in [2.05, 4.69) is 100 Å². The van der Waals surface area contributed by atoms with E-state index in [9.17, 15) is 5.26 Å². The summed E-state index contributed by atoms with van der Waals surface area (Å²) < 4.78 is 9.00. The summed E-state index contributed by atoms with van der Waals surface area (Å²) in [6, 6.07) is 65.4. The van der Waals surface area contributed by atoms with Crippen molar-refractivity contribution in [3.63, 3.8) is 0 Å². The van der Waals surface area contributed by atoms with E-state index < -0.39 is 0 Å². The fourth-order valence-corrected chi connectivity index (χ4v) is 8.51. The van der Waals surface area contributed by atoms with Crippen molar-refractivity contribution in [3.05, 3.63) is 205 Å². The lowest BCUT2D eigenvalue weighted by atomic mass is 9.91. The van der Waals surface area contributed by atoms with Gasteiger partial charge in [-0.15, -0.1) is 0 Å². The molecule has 0 aliphatic rings. The van der Waals surface area contributed by atoms with Crippen molar-refractivity contribution in [3.8, 4) is 67.9 Å². The van der Waals surface area contributed by atoms with Gasteiger partial charge in [0.1, 0.15) is 11.2 Å². The standard InChI is InChI=1S/C54H31N5O/c1-56-40-21-13-20-38(29-40)45-31-39(54-57-46(35-15-4-2-5-16-35)32-47(58-54)36-17-6-3-7-18-36)30-44(37-19-12-14-34(28-37)33-55)52(45)59-48-24-10-8-23-43(48)51-49(59)27-26-42-41-22-9-11-25-50(41)60-53(42)51/h2-32H. The van der Waals surface area contributed by atoms with Crippen molar-refractivity contribution < 1.29 is 4.42 Å². The van der Waals surface area contributed by atoms with Crippen LogP contribution in [0.25, 0.3) is 110 Å². The van der Waals surface area contributed by atoms with E-state index in [4.69, 9.17) is 21.0 Å². The highest BCUT2D eigenvalue weighted by atomic mass is 16.3. The predicted molar refractivity (Wildman–Crippen MR) is 242 cm³/mol. The number of nitrogens with zero attached hydrogens (tertiary/aromatic N) is 5. The number of nitriles is 1. The molecule has 0 spiro atoms. The van der Waals surface area contributed by atoms with E-state index in [1.165, 1.54) is 0 Å².